The Kier molecular flexibility index (Phi) is 4.22. The molecule has 0 radical (unpaired) electrons. The van der Waals surface area contributed by atoms with Crippen molar-refractivity contribution in [1.82, 2.24) is 15.1 Å². The van der Waals surface area contributed by atoms with Crippen LogP contribution in [-0.4, -0.2) is 59.9 Å². The zero-order valence-corrected chi connectivity index (χ0v) is 11.3. The lowest BCUT2D eigenvalue weighted by Crippen LogP contribution is -2.54. The fourth-order valence-corrected chi connectivity index (χ4v) is 3.01. The van der Waals surface area contributed by atoms with Crippen molar-refractivity contribution >= 4 is 11.8 Å². The molecule has 0 bridgehead atoms. The van der Waals surface area contributed by atoms with Crippen LogP contribution in [0.4, 0.5) is 0 Å². The maximum absolute atomic E-state index is 12.3. The summed E-state index contributed by atoms with van der Waals surface area (Å²) in [6, 6.07) is 0.666. The fourth-order valence-electron chi connectivity index (χ4n) is 3.01. The number of hydrogen-bond donors (Lipinski definition) is 1. The number of nitrogens with zero attached hydrogens (tertiary/aromatic N) is 2. The molecule has 18 heavy (non-hydrogen) atoms. The normalized spacial score (nSPS) is 30.1. The molecule has 0 spiro atoms. The molecule has 0 saturated carbocycles. The van der Waals surface area contributed by atoms with Crippen molar-refractivity contribution in [3.63, 3.8) is 0 Å². The largest absolute Gasteiger partial charge is 0.354 e. The molecule has 0 aliphatic carbocycles. The van der Waals surface area contributed by atoms with Gasteiger partial charge in [0.1, 0.15) is 0 Å². The Morgan fingerprint density at radius 1 is 1.33 bits per heavy atom. The van der Waals surface area contributed by atoms with Crippen LogP contribution in [0.3, 0.4) is 0 Å². The summed E-state index contributed by atoms with van der Waals surface area (Å²) in [7, 11) is 0. The van der Waals surface area contributed by atoms with E-state index in [0.29, 0.717) is 31.7 Å². The number of carbonyl (C=O) groups excluding carboxylic acids is 2. The molecular formula is C13H23N3O2. The highest BCUT2D eigenvalue weighted by Crippen LogP contribution is 2.22. The van der Waals surface area contributed by atoms with Gasteiger partial charge >= 0.3 is 0 Å². The summed E-state index contributed by atoms with van der Waals surface area (Å²) in [4.78, 5) is 27.6. The van der Waals surface area contributed by atoms with Crippen LogP contribution in [0.2, 0.25) is 0 Å². The highest BCUT2D eigenvalue weighted by molar-refractivity contribution is 5.82. The van der Waals surface area contributed by atoms with E-state index in [4.69, 9.17) is 0 Å². The van der Waals surface area contributed by atoms with Crippen LogP contribution in [0.5, 0.6) is 0 Å². The zero-order valence-electron chi connectivity index (χ0n) is 11.3. The van der Waals surface area contributed by atoms with Crippen LogP contribution < -0.4 is 5.32 Å². The predicted octanol–water partition coefficient (Wildman–Crippen LogP) is 0.208. The number of piperazine rings is 1. The van der Waals surface area contributed by atoms with E-state index in [0.717, 1.165) is 19.4 Å². The van der Waals surface area contributed by atoms with Crippen molar-refractivity contribution in [3.8, 4) is 0 Å². The van der Waals surface area contributed by atoms with Crippen LogP contribution >= 0.6 is 0 Å². The van der Waals surface area contributed by atoms with E-state index in [1.807, 2.05) is 9.80 Å². The third kappa shape index (κ3) is 3.02. The van der Waals surface area contributed by atoms with Crippen molar-refractivity contribution < 1.29 is 9.59 Å². The van der Waals surface area contributed by atoms with Gasteiger partial charge < -0.3 is 10.2 Å². The maximum Gasteiger partial charge on any atom is 0.237 e. The van der Waals surface area contributed by atoms with Crippen molar-refractivity contribution in [2.24, 2.45) is 0 Å². The Morgan fingerprint density at radius 2 is 2.00 bits per heavy atom. The molecule has 1 N–H and O–H groups in total. The Hall–Kier alpha value is -1.10. The molecule has 2 saturated heterocycles. The SMILES string of the molecule is CC1CCCC(C)N1C(=O)CN1CCNC(=O)C1. The highest BCUT2D eigenvalue weighted by atomic mass is 16.2. The minimum Gasteiger partial charge on any atom is -0.354 e. The van der Waals surface area contributed by atoms with Gasteiger partial charge in [-0.1, -0.05) is 0 Å². The second-order valence-corrected chi connectivity index (χ2v) is 5.49. The topological polar surface area (TPSA) is 52.7 Å². The molecule has 2 fully saturated rings. The lowest BCUT2D eigenvalue weighted by Gasteiger charge is -2.40. The first-order valence-electron chi connectivity index (χ1n) is 6.88. The lowest BCUT2D eigenvalue weighted by atomic mass is 9.97. The Bertz CT molecular complexity index is 322. The molecule has 2 aliphatic heterocycles. The third-order valence-electron chi connectivity index (χ3n) is 3.96. The second-order valence-electron chi connectivity index (χ2n) is 5.49. The smallest absolute Gasteiger partial charge is 0.237 e. The summed E-state index contributed by atoms with van der Waals surface area (Å²) in [6.45, 7) is 6.39. The molecule has 5 heteroatoms. The number of nitrogens with one attached hydrogen (secondary N) is 1. The van der Waals surface area contributed by atoms with Crippen LogP contribution in [0, 0.1) is 0 Å². The van der Waals surface area contributed by atoms with Gasteiger partial charge in [-0.15, -0.1) is 0 Å². The predicted molar refractivity (Wildman–Crippen MR) is 69.1 cm³/mol. The lowest BCUT2D eigenvalue weighted by molar-refractivity contribution is -0.139. The summed E-state index contributed by atoms with van der Waals surface area (Å²) < 4.78 is 0. The maximum atomic E-state index is 12.3. The Labute approximate surface area is 108 Å². The van der Waals surface area contributed by atoms with Gasteiger partial charge in [-0.25, -0.2) is 0 Å². The van der Waals surface area contributed by atoms with Gasteiger partial charge in [0.2, 0.25) is 11.8 Å². The van der Waals surface area contributed by atoms with E-state index in [1.165, 1.54) is 6.42 Å². The van der Waals surface area contributed by atoms with Crippen LogP contribution in [0.1, 0.15) is 33.1 Å². The summed E-state index contributed by atoms with van der Waals surface area (Å²) in [5.41, 5.74) is 0. The number of likely N-dealkylation sites (tertiary alicyclic amines) is 1. The Balaban J connectivity index is 1.91. The second kappa shape index (κ2) is 5.69. The highest BCUT2D eigenvalue weighted by Gasteiger charge is 2.30. The van der Waals surface area contributed by atoms with Gasteiger partial charge in [-0.3, -0.25) is 14.5 Å². The van der Waals surface area contributed by atoms with Crippen molar-refractivity contribution in [3.05, 3.63) is 0 Å². The van der Waals surface area contributed by atoms with Crippen molar-refractivity contribution in [2.45, 2.75) is 45.2 Å². The van der Waals surface area contributed by atoms with E-state index in [9.17, 15) is 9.59 Å². The average Bonchev–Trinajstić information content (AvgIpc) is 2.28. The average molecular weight is 253 g/mol. The quantitative estimate of drug-likeness (QED) is 0.765. The summed E-state index contributed by atoms with van der Waals surface area (Å²) in [5.74, 6) is 0.193. The minimum absolute atomic E-state index is 0.0220. The van der Waals surface area contributed by atoms with E-state index < -0.39 is 0 Å². The van der Waals surface area contributed by atoms with Gasteiger partial charge in [-0.05, 0) is 33.1 Å². The van der Waals surface area contributed by atoms with Crippen molar-refractivity contribution in [2.75, 3.05) is 26.2 Å². The molecule has 2 aliphatic rings. The molecule has 0 aromatic rings. The first-order valence-corrected chi connectivity index (χ1v) is 6.88. The van der Waals surface area contributed by atoms with Gasteiger partial charge in [0.05, 0.1) is 13.1 Å². The molecule has 0 aromatic carbocycles. The van der Waals surface area contributed by atoms with Gasteiger partial charge in [-0.2, -0.15) is 0 Å². The third-order valence-corrected chi connectivity index (χ3v) is 3.96. The molecular weight excluding hydrogens is 230 g/mol. The molecule has 2 amide bonds. The monoisotopic (exact) mass is 253 g/mol. The van der Waals surface area contributed by atoms with Gasteiger partial charge in [0.15, 0.2) is 0 Å². The van der Waals surface area contributed by atoms with Crippen LogP contribution in [0.15, 0.2) is 0 Å². The first kappa shape index (κ1) is 13.3. The van der Waals surface area contributed by atoms with Crippen LogP contribution in [0.25, 0.3) is 0 Å². The number of amides is 2. The number of piperidine rings is 1. The summed E-state index contributed by atoms with van der Waals surface area (Å²) in [5, 5.41) is 2.78. The zero-order chi connectivity index (χ0) is 13.1. The van der Waals surface area contributed by atoms with Crippen molar-refractivity contribution in [1.29, 1.82) is 0 Å². The Morgan fingerprint density at radius 3 is 2.61 bits per heavy atom. The summed E-state index contributed by atoms with van der Waals surface area (Å²) >= 11 is 0. The molecule has 2 heterocycles. The van der Waals surface area contributed by atoms with Gasteiger partial charge in [0, 0.05) is 25.2 Å². The first-order chi connectivity index (χ1) is 8.58. The molecule has 0 aromatic heterocycles. The van der Waals surface area contributed by atoms with E-state index in [-0.39, 0.29) is 11.8 Å². The molecule has 5 nitrogen and oxygen atoms in total. The number of hydrogen-bond acceptors (Lipinski definition) is 3. The summed E-state index contributed by atoms with van der Waals surface area (Å²) in [6.07, 6.45) is 3.39. The van der Waals surface area contributed by atoms with Crippen LogP contribution in [-0.2, 0) is 9.59 Å². The fraction of sp³-hybridized carbons (Fsp3) is 0.846. The molecule has 2 unspecified atom stereocenters. The molecule has 102 valence electrons. The van der Waals surface area contributed by atoms with Gasteiger partial charge in [0.25, 0.3) is 0 Å². The van der Waals surface area contributed by atoms with E-state index in [1.54, 1.807) is 0 Å². The van der Waals surface area contributed by atoms with E-state index >= 15 is 0 Å². The molecule has 2 rings (SSSR count). The van der Waals surface area contributed by atoms with E-state index in [2.05, 4.69) is 19.2 Å². The molecule has 2 atom stereocenters. The minimum atomic E-state index is 0.0220. The number of rotatable bonds is 2. The number of carbonyl (C=O) groups is 2. The standard InChI is InChI=1S/C13H23N3O2/c1-10-4-3-5-11(2)16(10)13(18)9-15-7-6-14-12(17)8-15/h10-11H,3-9H2,1-2H3,(H,14,17).